The molecule has 0 unspecified atom stereocenters. The zero-order valence-electron chi connectivity index (χ0n) is 16.2. The number of morpholine rings is 1. The zero-order chi connectivity index (χ0) is 19.2. The fourth-order valence-corrected chi connectivity index (χ4v) is 3.71. The van der Waals surface area contributed by atoms with Crippen molar-refractivity contribution >= 4 is 5.91 Å². The summed E-state index contributed by atoms with van der Waals surface area (Å²) in [6, 6.07) is 16.0. The maximum absolute atomic E-state index is 11.3. The fraction of sp³-hybridized carbons (Fsp3) is 0.409. The van der Waals surface area contributed by atoms with Crippen LogP contribution in [0.5, 0.6) is 0 Å². The number of amides is 1. The van der Waals surface area contributed by atoms with Crippen molar-refractivity contribution in [2.75, 3.05) is 13.1 Å². The van der Waals surface area contributed by atoms with Gasteiger partial charge in [0, 0.05) is 38.3 Å². The first kappa shape index (κ1) is 19.5. The second-order valence-electron chi connectivity index (χ2n) is 7.39. The molecule has 0 bridgehead atoms. The van der Waals surface area contributed by atoms with E-state index in [4.69, 9.17) is 10.5 Å². The SMILES string of the molecule is C[C@@H]1CN(Cc2ccccc2CNCc2cccc(C(N)=O)c2)C[C@@H](C)O1. The first-order valence-electron chi connectivity index (χ1n) is 9.55. The van der Waals surface area contributed by atoms with Crippen LogP contribution < -0.4 is 11.1 Å². The number of primary amides is 1. The predicted octanol–water partition coefficient (Wildman–Crippen LogP) is 2.68. The van der Waals surface area contributed by atoms with E-state index in [0.29, 0.717) is 12.1 Å². The van der Waals surface area contributed by atoms with E-state index in [2.05, 4.69) is 48.3 Å². The molecule has 3 N–H and O–H groups in total. The van der Waals surface area contributed by atoms with Crippen molar-refractivity contribution in [3.05, 3.63) is 70.8 Å². The third-order valence-corrected chi connectivity index (χ3v) is 4.86. The summed E-state index contributed by atoms with van der Waals surface area (Å²) in [6.45, 7) is 8.62. The van der Waals surface area contributed by atoms with Crippen LogP contribution in [0.3, 0.4) is 0 Å². The normalized spacial score (nSPS) is 20.5. The Morgan fingerprint density at radius 3 is 2.48 bits per heavy atom. The molecule has 0 aliphatic carbocycles. The van der Waals surface area contributed by atoms with Crippen molar-refractivity contribution in [3.8, 4) is 0 Å². The summed E-state index contributed by atoms with van der Waals surface area (Å²) in [7, 11) is 0. The molecule has 2 aromatic carbocycles. The topological polar surface area (TPSA) is 67.6 Å². The van der Waals surface area contributed by atoms with Crippen LogP contribution in [0.25, 0.3) is 0 Å². The monoisotopic (exact) mass is 367 g/mol. The molecule has 1 fully saturated rings. The summed E-state index contributed by atoms with van der Waals surface area (Å²) in [5, 5.41) is 3.48. The van der Waals surface area contributed by atoms with Gasteiger partial charge in [0.1, 0.15) is 0 Å². The molecule has 0 spiro atoms. The zero-order valence-corrected chi connectivity index (χ0v) is 16.2. The van der Waals surface area contributed by atoms with Gasteiger partial charge in [-0.3, -0.25) is 9.69 Å². The van der Waals surface area contributed by atoms with Gasteiger partial charge in [-0.05, 0) is 42.7 Å². The van der Waals surface area contributed by atoms with Gasteiger partial charge in [0.25, 0.3) is 0 Å². The molecular weight excluding hydrogens is 338 g/mol. The Bertz CT molecular complexity index is 768. The molecule has 0 aromatic heterocycles. The summed E-state index contributed by atoms with van der Waals surface area (Å²) < 4.78 is 5.84. The molecule has 1 amide bonds. The van der Waals surface area contributed by atoms with Gasteiger partial charge >= 0.3 is 0 Å². The van der Waals surface area contributed by atoms with Crippen molar-refractivity contribution in [1.29, 1.82) is 0 Å². The molecule has 27 heavy (non-hydrogen) atoms. The first-order valence-corrected chi connectivity index (χ1v) is 9.55. The van der Waals surface area contributed by atoms with Crippen LogP contribution in [0.2, 0.25) is 0 Å². The minimum Gasteiger partial charge on any atom is -0.373 e. The molecule has 3 rings (SSSR count). The van der Waals surface area contributed by atoms with E-state index in [1.54, 1.807) is 6.07 Å². The predicted molar refractivity (Wildman–Crippen MR) is 107 cm³/mol. The standard InChI is InChI=1S/C22H29N3O2/c1-16-13-25(14-17(2)27-16)15-21-8-4-3-7-20(21)12-24-11-18-6-5-9-19(10-18)22(23)26/h3-10,16-17,24H,11-15H2,1-2H3,(H2,23,26)/t16-,17-/m1/s1. The summed E-state index contributed by atoms with van der Waals surface area (Å²) in [5.74, 6) is -0.392. The molecule has 144 valence electrons. The number of carbonyl (C=O) groups excluding carboxylic acids is 1. The lowest BCUT2D eigenvalue weighted by Gasteiger charge is -2.35. The van der Waals surface area contributed by atoms with Gasteiger partial charge in [-0.15, -0.1) is 0 Å². The Labute approximate surface area is 161 Å². The van der Waals surface area contributed by atoms with Gasteiger partial charge in [-0.2, -0.15) is 0 Å². The highest BCUT2D eigenvalue weighted by molar-refractivity contribution is 5.92. The Balaban J connectivity index is 1.59. The molecule has 1 aliphatic heterocycles. The average molecular weight is 367 g/mol. The second-order valence-corrected chi connectivity index (χ2v) is 7.39. The third-order valence-electron chi connectivity index (χ3n) is 4.86. The van der Waals surface area contributed by atoms with E-state index >= 15 is 0 Å². The molecule has 2 aromatic rings. The molecule has 5 heteroatoms. The maximum Gasteiger partial charge on any atom is 0.248 e. The van der Waals surface area contributed by atoms with Gasteiger partial charge in [0.15, 0.2) is 0 Å². The lowest BCUT2D eigenvalue weighted by molar-refractivity contribution is -0.0705. The summed E-state index contributed by atoms with van der Waals surface area (Å²) in [6.07, 6.45) is 0.549. The van der Waals surface area contributed by atoms with Crippen LogP contribution in [-0.2, 0) is 24.4 Å². The number of nitrogens with zero attached hydrogens (tertiary/aromatic N) is 1. The quantitative estimate of drug-likeness (QED) is 0.790. The number of hydrogen-bond acceptors (Lipinski definition) is 4. The Morgan fingerprint density at radius 2 is 1.78 bits per heavy atom. The minimum absolute atomic E-state index is 0.275. The van der Waals surface area contributed by atoms with Crippen LogP contribution >= 0.6 is 0 Å². The Hall–Kier alpha value is -2.21. The van der Waals surface area contributed by atoms with Gasteiger partial charge < -0.3 is 15.8 Å². The van der Waals surface area contributed by atoms with Crippen LogP contribution in [0.15, 0.2) is 48.5 Å². The first-order chi connectivity index (χ1) is 13.0. The lowest BCUT2D eigenvalue weighted by atomic mass is 10.1. The van der Waals surface area contributed by atoms with Gasteiger partial charge in [-0.25, -0.2) is 0 Å². The van der Waals surface area contributed by atoms with E-state index in [-0.39, 0.29) is 12.2 Å². The highest BCUT2D eigenvalue weighted by Crippen LogP contribution is 2.17. The molecule has 1 heterocycles. The van der Waals surface area contributed by atoms with E-state index < -0.39 is 5.91 Å². The number of rotatable bonds is 7. The fourth-order valence-electron chi connectivity index (χ4n) is 3.71. The number of nitrogens with one attached hydrogen (secondary N) is 1. The van der Waals surface area contributed by atoms with E-state index in [1.165, 1.54) is 11.1 Å². The van der Waals surface area contributed by atoms with E-state index in [9.17, 15) is 4.79 Å². The maximum atomic E-state index is 11.3. The minimum atomic E-state index is -0.392. The number of carbonyl (C=O) groups is 1. The number of nitrogens with two attached hydrogens (primary N) is 1. The number of ether oxygens (including phenoxy) is 1. The summed E-state index contributed by atoms with van der Waals surface area (Å²) in [5.41, 5.74) is 9.61. The van der Waals surface area contributed by atoms with Crippen molar-refractivity contribution in [2.24, 2.45) is 5.73 Å². The Morgan fingerprint density at radius 1 is 1.07 bits per heavy atom. The largest absolute Gasteiger partial charge is 0.373 e. The molecule has 2 atom stereocenters. The number of benzene rings is 2. The highest BCUT2D eigenvalue weighted by Gasteiger charge is 2.22. The van der Waals surface area contributed by atoms with E-state index in [0.717, 1.165) is 31.7 Å². The highest BCUT2D eigenvalue weighted by atomic mass is 16.5. The van der Waals surface area contributed by atoms with Crippen LogP contribution in [0.1, 0.15) is 40.9 Å². The van der Waals surface area contributed by atoms with Gasteiger partial charge in [-0.1, -0.05) is 36.4 Å². The van der Waals surface area contributed by atoms with E-state index in [1.807, 2.05) is 18.2 Å². The molecule has 0 radical (unpaired) electrons. The molecular formula is C22H29N3O2. The average Bonchev–Trinajstić information content (AvgIpc) is 2.62. The molecule has 1 aliphatic rings. The Kier molecular flexibility index (Phi) is 6.61. The van der Waals surface area contributed by atoms with Gasteiger partial charge in [0.05, 0.1) is 12.2 Å². The molecule has 5 nitrogen and oxygen atoms in total. The van der Waals surface area contributed by atoms with Crippen LogP contribution in [0.4, 0.5) is 0 Å². The van der Waals surface area contributed by atoms with Gasteiger partial charge in [0.2, 0.25) is 5.91 Å². The van der Waals surface area contributed by atoms with Crippen molar-refractivity contribution in [2.45, 2.75) is 45.7 Å². The van der Waals surface area contributed by atoms with Crippen molar-refractivity contribution in [1.82, 2.24) is 10.2 Å². The lowest BCUT2D eigenvalue weighted by Crippen LogP contribution is -2.45. The molecule has 0 saturated carbocycles. The van der Waals surface area contributed by atoms with Crippen molar-refractivity contribution in [3.63, 3.8) is 0 Å². The summed E-state index contributed by atoms with van der Waals surface area (Å²) >= 11 is 0. The van der Waals surface area contributed by atoms with Crippen molar-refractivity contribution < 1.29 is 9.53 Å². The third kappa shape index (κ3) is 5.63. The molecule has 1 saturated heterocycles. The second kappa shape index (κ2) is 9.13. The van der Waals surface area contributed by atoms with Crippen LogP contribution in [-0.4, -0.2) is 36.1 Å². The number of hydrogen-bond donors (Lipinski definition) is 2. The van der Waals surface area contributed by atoms with Crippen LogP contribution in [0, 0.1) is 0 Å². The smallest absolute Gasteiger partial charge is 0.248 e. The summed E-state index contributed by atoms with van der Waals surface area (Å²) in [4.78, 5) is 13.8.